The summed E-state index contributed by atoms with van der Waals surface area (Å²) in [7, 11) is 1.63. The Kier molecular flexibility index (Phi) is 6.01. The fraction of sp³-hybridized carbons (Fsp3) is 0.667. The Hall–Kier alpha value is -0.910. The van der Waals surface area contributed by atoms with E-state index in [1.54, 1.807) is 7.11 Å². The van der Waals surface area contributed by atoms with Crippen molar-refractivity contribution >= 4 is 17.2 Å². The van der Waals surface area contributed by atoms with E-state index < -0.39 is 0 Å². The molecule has 2 atom stereocenters. The molecule has 1 aromatic rings. The van der Waals surface area contributed by atoms with Gasteiger partial charge in [-0.25, -0.2) is 0 Å². The normalized spacial score (nSPS) is 23.3. The van der Waals surface area contributed by atoms with Gasteiger partial charge in [-0.15, -0.1) is 11.3 Å². The molecule has 1 saturated carbocycles. The molecule has 0 spiro atoms. The Morgan fingerprint density at radius 1 is 1.45 bits per heavy atom. The van der Waals surface area contributed by atoms with Crippen molar-refractivity contribution in [3.05, 3.63) is 21.9 Å². The predicted molar refractivity (Wildman–Crippen MR) is 79.9 cm³/mol. The molecular formula is C15H23NO3S. The van der Waals surface area contributed by atoms with Crippen molar-refractivity contribution in [1.82, 2.24) is 5.32 Å². The van der Waals surface area contributed by atoms with Gasteiger partial charge in [-0.2, -0.15) is 0 Å². The second-order valence-electron chi connectivity index (χ2n) is 5.37. The van der Waals surface area contributed by atoms with Crippen LogP contribution in [0.3, 0.4) is 0 Å². The number of aliphatic hydroxyl groups excluding tert-OH is 1. The molecule has 1 aliphatic carbocycles. The molecule has 2 unspecified atom stereocenters. The minimum absolute atomic E-state index is 0.0302. The molecule has 0 aromatic carbocycles. The molecule has 1 aliphatic rings. The van der Waals surface area contributed by atoms with E-state index in [2.05, 4.69) is 5.32 Å². The van der Waals surface area contributed by atoms with E-state index in [0.717, 1.165) is 36.1 Å². The zero-order valence-electron chi connectivity index (χ0n) is 11.9. The van der Waals surface area contributed by atoms with Crippen LogP contribution >= 0.6 is 11.3 Å². The van der Waals surface area contributed by atoms with Gasteiger partial charge in [0.25, 0.3) is 5.91 Å². The van der Waals surface area contributed by atoms with Crippen molar-refractivity contribution in [2.45, 2.75) is 44.8 Å². The number of hydrogen-bond donors (Lipinski definition) is 2. The number of rotatable bonds is 5. The quantitative estimate of drug-likeness (QED) is 0.821. The SMILES string of the molecule is COCc1ccsc1C(=O)NC1CCCCCC1CO. The summed E-state index contributed by atoms with van der Waals surface area (Å²) in [5.74, 6) is 0.157. The molecule has 1 fully saturated rings. The maximum absolute atomic E-state index is 12.4. The van der Waals surface area contributed by atoms with Crippen molar-refractivity contribution in [3.63, 3.8) is 0 Å². The van der Waals surface area contributed by atoms with Crippen molar-refractivity contribution in [3.8, 4) is 0 Å². The van der Waals surface area contributed by atoms with E-state index in [9.17, 15) is 9.90 Å². The molecule has 2 N–H and O–H groups in total. The first-order valence-corrected chi connectivity index (χ1v) is 8.11. The van der Waals surface area contributed by atoms with Crippen LogP contribution in [0.25, 0.3) is 0 Å². The number of methoxy groups -OCH3 is 1. The number of amides is 1. The van der Waals surface area contributed by atoms with E-state index in [4.69, 9.17) is 4.74 Å². The maximum atomic E-state index is 12.4. The molecule has 0 aliphatic heterocycles. The molecule has 4 nitrogen and oxygen atoms in total. The lowest BCUT2D eigenvalue weighted by atomic mass is 9.95. The maximum Gasteiger partial charge on any atom is 0.261 e. The number of carbonyl (C=O) groups is 1. The van der Waals surface area contributed by atoms with E-state index in [0.29, 0.717) is 6.61 Å². The van der Waals surface area contributed by atoms with Gasteiger partial charge in [-0.1, -0.05) is 19.3 Å². The largest absolute Gasteiger partial charge is 0.396 e. The van der Waals surface area contributed by atoms with Crippen LogP contribution in [0.15, 0.2) is 11.4 Å². The summed E-state index contributed by atoms with van der Waals surface area (Å²) in [4.78, 5) is 13.1. The van der Waals surface area contributed by atoms with Crippen LogP contribution < -0.4 is 5.32 Å². The Balaban J connectivity index is 2.03. The summed E-state index contributed by atoms with van der Waals surface area (Å²) < 4.78 is 5.12. The molecule has 0 saturated heterocycles. The zero-order chi connectivity index (χ0) is 14.4. The van der Waals surface area contributed by atoms with E-state index >= 15 is 0 Å². The van der Waals surface area contributed by atoms with Gasteiger partial charge in [0.15, 0.2) is 0 Å². The lowest BCUT2D eigenvalue weighted by Crippen LogP contribution is -2.41. The third-order valence-corrected chi connectivity index (χ3v) is 4.92. The third-order valence-electron chi connectivity index (χ3n) is 3.96. The van der Waals surface area contributed by atoms with Gasteiger partial charge >= 0.3 is 0 Å². The average molecular weight is 297 g/mol. The number of nitrogens with one attached hydrogen (secondary N) is 1. The molecule has 112 valence electrons. The molecule has 20 heavy (non-hydrogen) atoms. The van der Waals surface area contributed by atoms with Crippen LogP contribution in [-0.4, -0.2) is 30.8 Å². The monoisotopic (exact) mass is 297 g/mol. The van der Waals surface area contributed by atoms with Crippen molar-refractivity contribution in [1.29, 1.82) is 0 Å². The Morgan fingerprint density at radius 3 is 3.00 bits per heavy atom. The summed E-state index contributed by atoms with van der Waals surface area (Å²) in [6.45, 7) is 0.612. The fourth-order valence-corrected chi connectivity index (χ4v) is 3.64. The van der Waals surface area contributed by atoms with Crippen LogP contribution in [-0.2, 0) is 11.3 Å². The van der Waals surface area contributed by atoms with Gasteiger partial charge in [0.2, 0.25) is 0 Å². The molecule has 1 amide bonds. The van der Waals surface area contributed by atoms with Gasteiger partial charge in [0, 0.05) is 31.2 Å². The number of ether oxygens (including phenoxy) is 1. The topological polar surface area (TPSA) is 58.6 Å². The summed E-state index contributed by atoms with van der Waals surface area (Å²) in [6, 6.07) is 2.02. The smallest absolute Gasteiger partial charge is 0.261 e. The van der Waals surface area contributed by atoms with Gasteiger partial charge < -0.3 is 15.2 Å². The zero-order valence-corrected chi connectivity index (χ0v) is 12.7. The van der Waals surface area contributed by atoms with Gasteiger partial charge in [-0.3, -0.25) is 4.79 Å². The second kappa shape index (κ2) is 7.76. The van der Waals surface area contributed by atoms with E-state index in [-0.39, 0.29) is 24.5 Å². The first kappa shape index (κ1) is 15.5. The summed E-state index contributed by atoms with van der Waals surface area (Å²) in [6.07, 6.45) is 5.41. The van der Waals surface area contributed by atoms with Crippen LogP contribution in [0.4, 0.5) is 0 Å². The molecule has 2 rings (SSSR count). The molecule has 1 heterocycles. The third kappa shape index (κ3) is 3.81. The van der Waals surface area contributed by atoms with Crippen LogP contribution in [0.2, 0.25) is 0 Å². The van der Waals surface area contributed by atoms with Gasteiger partial charge in [0.05, 0.1) is 11.5 Å². The van der Waals surface area contributed by atoms with Gasteiger partial charge in [0.1, 0.15) is 0 Å². The molecular weight excluding hydrogens is 274 g/mol. The Morgan fingerprint density at radius 2 is 2.25 bits per heavy atom. The number of thiophene rings is 1. The average Bonchev–Trinajstić information content (AvgIpc) is 2.79. The van der Waals surface area contributed by atoms with Crippen LogP contribution in [0.1, 0.15) is 47.3 Å². The molecule has 0 radical (unpaired) electrons. The van der Waals surface area contributed by atoms with Crippen molar-refractivity contribution in [2.24, 2.45) is 5.92 Å². The first-order chi connectivity index (χ1) is 9.76. The van der Waals surface area contributed by atoms with Crippen LogP contribution in [0.5, 0.6) is 0 Å². The minimum Gasteiger partial charge on any atom is -0.396 e. The highest BCUT2D eigenvalue weighted by Crippen LogP contribution is 2.24. The highest BCUT2D eigenvalue weighted by atomic mass is 32.1. The van der Waals surface area contributed by atoms with Crippen molar-refractivity contribution in [2.75, 3.05) is 13.7 Å². The highest BCUT2D eigenvalue weighted by Gasteiger charge is 2.26. The number of carbonyl (C=O) groups excluding carboxylic acids is 1. The Bertz CT molecular complexity index is 433. The van der Waals surface area contributed by atoms with Gasteiger partial charge in [-0.05, 0) is 24.3 Å². The summed E-state index contributed by atoms with van der Waals surface area (Å²) in [5, 5.41) is 14.5. The van der Waals surface area contributed by atoms with Crippen LogP contribution in [0, 0.1) is 5.92 Å². The summed E-state index contributed by atoms with van der Waals surface area (Å²) in [5.41, 5.74) is 0.934. The predicted octanol–water partition coefficient (Wildman–Crippen LogP) is 2.57. The summed E-state index contributed by atoms with van der Waals surface area (Å²) >= 11 is 1.45. The molecule has 5 heteroatoms. The lowest BCUT2D eigenvalue weighted by molar-refractivity contribution is 0.0899. The molecule has 0 bridgehead atoms. The molecule has 1 aromatic heterocycles. The minimum atomic E-state index is -0.0302. The standard InChI is InChI=1S/C15H23NO3S/c1-19-10-12-7-8-20-14(12)15(18)16-13-6-4-2-3-5-11(13)9-17/h7-8,11,13,17H,2-6,9-10H2,1H3,(H,16,18). The Labute approximate surface area is 124 Å². The first-order valence-electron chi connectivity index (χ1n) is 7.23. The fourth-order valence-electron chi connectivity index (χ4n) is 2.83. The highest BCUT2D eigenvalue weighted by molar-refractivity contribution is 7.12. The number of hydrogen-bond acceptors (Lipinski definition) is 4. The lowest BCUT2D eigenvalue weighted by Gasteiger charge is -2.24. The second-order valence-corrected chi connectivity index (χ2v) is 6.28. The van der Waals surface area contributed by atoms with E-state index in [1.165, 1.54) is 17.8 Å². The number of aliphatic hydroxyl groups is 1. The van der Waals surface area contributed by atoms with E-state index in [1.807, 2.05) is 11.4 Å². The van der Waals surface area contributed by atoms with Crippen molar-refractivity contribution < 1.29 is 14.6 Å².